The van der Waals surface area contributed by atoms with Crippen LogP contribution in [0.1, 0.15) is 29.9 Å². The number of phenolic OH excluding ortho intramolecular Hbond substituents is 1. The van der Waals surface area contributed by atoms with Crippen LogP contribution in [0.15, 0.2) is 18.2 Å². The van der Waals surface area contributed by atoms with Crippen LogP contribution in [0.4, 0.5) is 0 Å². The Morgan fingerprint density at radius 3 is 2.54 bits per heavy atom. The molecule has 0 spiro atoms. The van der Waals surface area contributed by atoms with Crippen molar-refractivity contribution < 1.29 is 28.9 Å². The number of Topliss-reactive ketones (excluding diaryl/α,β-unsaturated/α-hetero) is 1. The zero-order chi connectivity index (χ0) is 17.9. The van der Waals surface area contributed by atoms with Crippen LogP contribution in [0.25, 0.3) is 10.1 Å². The van der Waals surface area contributed by atoms with E-state index in [-0.39, 0.29) is 24.7 Å². The van der Waals surface area contributed by atoms with E-state index in [1.54, 1.807) is 32.0 Å². The van der Waals surface area contributed by atoms with E-state index in [1.807, 2.05) is 0 Å². The molecular formula is C17H20O6S. The number of thiophene rings is 1. The van der Waals surface area contributed by atoms with E-state index >= 15 is 0 Å². The molecule has 0 aliphatic heterocycles. The van der Waals surface area contributed by atoms with Crippen LogP contribution >= 0.6 is 11.3 Å². The summed E-state index contributed by atoms with van der Waals surface area (Å²) in [6.45, 7) is 3.36. The van der Waals surface area contributed by atoms with Gasteiger partial charge in [-0.05, 0) is 31.4 Å². The summed E-state index contributed by atoms with van der Waals surface area (Å²) in [6, 6.07) is 4.91. The number of methoxy groups -OCH3 is 2. The fourth-order valence-corrected chi connectivity index (χ4v) is 3.28. The van der Waals surface area contributed by atoms with E-state index in [2.05, 4.69) is 0 Å². The number of carbonyl (C=O) groups is 2. The second-order valence-corrected chi connectivity index (χ2v) is 7.08. The molecule has 0 amide bonds. The van der Waals surface area contributed by atoms with Gasteiger partial charge in [-0.15, -0.1) is 11.3 Å². The molecule has 130 valence electrons. The highest BCUT2D eigenvalue weighted by Gasteiger charge is 2.32. The number of carbonyl (C=O) groups excluding carboxylic acids is 2. The fraction of sp³-hybridized carbons (Fsp3) is 0.412. The minimum absolute atomic E-state index is 0.0174. The molecule has 0 atom stereocenters. The Hall–Kier alpha value is -2.12. The number of hydrogen-bond donors (Lipinski definition) is 1. The van der Waals surface area contributed by atoms with Crippen molar-refractivity contribution in [1.82, 2.24) is 0 Å². The third-order valence-electron chi connectivity index (χ3n) is 3.55. The second kappa shape index (κ2) is 7.19. The van der Waals surface area contributed by atoms with E-state index in [1.165, 1.54) is 25.6 Å². The topological polar surface area (TPSA) is 82.1 Å². The molecule has 1 aromatic heterocycles. The molecule has 0 aliphatic rings. The van der Waals surface area contributed by atoms with Crippen molar-refractivity contribution >= 4 is 33.2 Å². The first-order valence-corrected chi connectivity index (χ1v) is 8.10. The molecule has 7 heteroatoms. The maximum atomic E-state index is 12.5. The number of benzene rings is 1. The van der Waals surface area contributed by atoms with Gasteiger partial charge in [-0.25, -0.2) is 0 Å². The SMILES string of the molecule is COCOc1cc2sc(C(=O)CC(C)(C)C(=O)OC)cc2cc1O. The molecule has 0 radical (unpaired) electrons. The van der Waals surface area contributed by atoms with E-state index < -0.39 is 11.4 Å². The standard InChI is InChI=1S/C17H20O6S/c1-17(2,16(20)22-4)8-12(19)15-6-10-5-11(18)13(23-9-21-3)7-14(10)24-15/h5-7,18H,8-9H2,1-4H3. The highest BCUT2D eigenvalue weighted by Crippen LogP contribution is 2.37. The Morgan fingerprint density at radius 1 is 1.21 bits per heavy atom. The summed E-state index contributed by atoms with van der Waals surface area (Å²) in [7, 11) is 2.79. The molecule has 24 heavy (non-hydrogen) atoms. The average Bonchev–Trinajstić information content (AvgIpc) is 2.94. The Morgan fingerprint density at radius 2 is 1.92 bits per heavy atom. The smallest absolute Gasteiger partial charge is 0.311 e. The first-order valence-electron chi connectivity index (χ1n) is 7.28. The van der Waals surface area contributed by atoms with Crippen molar-refractivity contribution in [3.63, 3.8) is 0 Å². The van der Waals surface area contributed by atoms with Crippen LogP contribution in [-0.4, -0.2) is 37.9 Å². The summed E-state index contributed by atoms with van der Waals surface area (Å²) in [5.74, 6) is -0.304. The highest BCUT2D eigenvalue weighted by molar-refractivity contribution is 7.20. The van der Waals surface area contributed by atoms with Gasteiger partial charge in [0.25, 0.3) is 0 Å². The van der Waals surface area contributed by atoms with Crippen molar-refractivity contribution in [2.75, 3.05) is 21.0 Å². The number of esters is 1. The molecule has 1 heterocycles. The number of hydrogen-bond acceptors (Lipinski definition) is 7. The maximum absolute atomic E-state index is 12.5. The largest absolute Gasteiger partial charge is 0.504 e. The lowest BCUT2D eigenvalue weighted by Crippen LogP contribution is -2.28. The Kier molecular flexibility index (Phi) is 5.46. The van der Waals surface area contributed by atoms with Gasteiger partial charge in [-0.1, -0.05) is 0 Å². The van der Waals surface area contributed by atoms with E-state index in [0.717, 1.165) is 10.1 Å². The molecule has 2 rings (SSSR count). The van der Waals surface area contributed by atoms with Gasteiger partial charge in [0.1, 0.15) is 0 Å². The van der Waals surface area contributed by atoms with Crippen LogP contribution in [0.3, 0.4) is 0 Å². The first-order chi connectivity index (χ1) is 11.3. The Labute approximate surface area is 143 Å². The summed E-state index contributed by atoms with van der Waals surface area (Å²) in [4.78, 5) is 24.7. The summed E-state index contributed by atoms with van der Waals surface area (Å²) in [6.07, 6.45) is 0.0471. The van der Waals surface area contributed by atoms with Crippen LogP contribution in [-0.2, 0) is 14.3 Å². The van der Waals surface area contributed by atoms with Gasteiger partial charge in [0.05, 0.1) is 17.4 Å². The number of phenols is 1. The monoisotopic (exact) mass is 352 g/mol. The van der Waals surface area contributed by atoms with Crippen molar-refractivity contribution in [1.29, 1.82) is 0 Å². The molecule has 0 saturated carbocycles. The lowest BCUT2D eigenvalue weighted by atomic mass is 9.87. The van der Waals surface area contributed by atoms with Crippen LogP contribution in [0.5, 0.6) is 11.5 Å². The maximum Gasteiger partial charge on any atom is 0.311 e. The lowest BCUT2D eigenvalue weighted by molar-refractivity contribution is -0.150. The van der Waals surface area contributed by atoms with Gasteiger partial charge in [0.15, 0.2) is 24.1 Å². The van der Waals surface area contributed by atoms with Crippen molar-refractivity contribution in [3.8, 4) is 11.5 Å². The highest BCUT2D eigenvalue weighted by atomic mass is 32.1. The third-order valence-corrected chi connectivity index (χ3v) is 4.68. The average molecular weight is 352 g/mol. The molecule has 0 saturated heterocycles. The zero-order valence-corrected chi connectivity index (χ0v) is 14.9. The number of ether oxygens (including phenoxy) is 3. The Balaban J connectivity index is 2.27. The lowest BCUT2D eigenvalue weighted by Gasteiger charge is -2.19. The quantitative estimate of drug-likeness (QED) is 0.467. The minimum atomic E-state index is -0.892. The zero-order valence-electron chi connectivity index (χ0n) is 14.0. The number of rotatable bonds is 7. The number of ketones is 1. The first kappa shape index (κ1) is 18.2. The summed E-state index contributed by atoms with van der Waals surface area (Å²) < 4.78 is 15.6. The van der Waals surface area contributed by atoms with Crippen molar-refractivity contribution in [2.45, 2.75) is 20.3 Å². The molecule has 0 unspecified atom stereocenters. The van der Waals surface area contributed by atoms with Gasteiger partial charge < -0.3 is 19.3 Å². The molecule has 0 aliphatic carbocycles. The van der Waals surface area contributed by atoms with Gasteiger partial charge in [-0.2, -0.15) is 0 Å². The van der Waals surface area contributed by atoms with Crippen molar-refractivity contribution in [2.24, 2.45) is 5.41 Å². The van der Waals surface area contributed by atoms with E-state index in [4.69, 9.17) is 14.2 Å². The summed E-state index contributed by atoms with van der Waals surface area (Å²) in [5, 5.41) is 10.7. The normalized spacial score (nSPS) is 11.5. The van der Waals surface area contributed by atoms with Gasteiger partial charge in [0.2, 0.25) is 0 Å². The molecule has 1 N–H and O–H groups in total. The minimum Gasteiger partial charge on any atom is -0.504 e. The van der Waals surface area contributed by atoms with E-state index in [0.29, 0.717) is 10.6 Å². The van der Waals surface area contributed by atoms with E-state index in [9.17, 15) is 14.7 Å². The fourth-order valence-electron chi connectivity index (χ4n) is 2.27. The molecule has 2 aromatic rings. The number of fused-ring (bicyclic) bond motifs is 1. The predicted octanol–water partition coefficient (Wildman–Crippen LogP) is 3.36. The van der Waals surface area contributed by atoms with Crippen LogP contribution in [0.2, 0.25) is 0 Å². The summed E-state index contributed by atoms with van der Waals surface area (Å²) >= 11 is 1.29. The van der Waals surface area contributed by atoms with Gasteiger partial charge >= 0.3 is 5.97 Å². The Bertz CT molecular complexity index is 762. The van der Waals surface area contributed by atoms with Crippen molar-refractivity contribution in [3.05, 3.63) is 23.1 Å². The van der Waals surface area contributed by atoms with Crippen LogP contribution in [0, 0.1) is 5.41 Å². The number of aromatic hydroxyl groups is 1. The van der Waals surface area contributed by atoms with Crippen LogP contribution < -0.4 is 4.74 Å². The summed E-state index contributed by atoms with van der Waals surface area (Å²) in [5.41, 5.74) is -0.892. The van der Waals surface area contributed by atoms with Gasteiger partial charge in [-0.3, -0.25) is 9.59 Å². The molecular weight excluding hydrogens is 332 g/mol. The molecule has 6 nitrogen and oxygen atoms in total. The molecule has 0 bridgehead atoms. The predicted molar refractivity (Wildman–Crippen MR) is 90.7 cm³/mol. The second-order valence-electron chi connectivity index (χ2n) is 5.99. The molecule has 0 fully saturated rings. The molecule has 1 aromatic carbocycles. The third kappa shape index (κ3) is 3.85. The van der Waals surface area contributed by atoms with Gasteiger partial charge in [0, 0.05) is 24.3 Å².